The summed E-state index contributed by atoms with van der Waals surface area (Å²) in [7, 11) is -2.52. The van der Waals surface area contributed by atoms with Crippen molar-refractivity contribution in [2.75, 3.05) is 17.1 Å². The molecular weight excluding hydrogens is 267 g/mol. The van der Waals surface area contributed by atoms with Crippen LogP contribution in [0.15, 0.2) is 53.4 Å². The average Bonchev–Trinajstić information content (AvgIpc) is 2.38. The van der Waals surface area contributed by atoms with Crippen LogP contribution in [0.25, 0.3) is 0 Å². The molecule has 0 amide bonds. The Morgan fingerprint density at radius 2 is 1.79 bits per heavy atom. The summed E-state index contributed by atoms with van der Waals surface area (Å²) in [6, 6.07) is 11.6. The normalized spacial score (nSPS) is 11.3. The Hall–Kier alpha value is -2.08. The number of rotatable bonds is 3. The second-order valence-corrected chi connectivity index (χ2v) is 5.97. The highest BCUT2D eigenvalue weighted by atomic mass is 32.2. The number of sulfonamides is 1. The molecule has 2 aromatic rings. The highest BCUT2D eigenvalue weighted by molar-refractivity contribution is 7.92. The van der Waals surface area contributed by atoms with E-state index in [4.69, 9.17) is 5.73 Å². The van der Waals surface area contributed by atoms with E-state index < -0.39 is 15.8 Å². The molecule has 0 fully saturated rings. The summed E-state index contributed by atoms with van der Waals surface area (Å²) in [6.07, 6.45) is 0. The molecule has 0 spiro atoms. The monoisotopic (exact) mass is 280 g/mol. The third-order valence-electron chi connectivity index (χ3n) is 2.71. The number of benzene rings is 2. The van der Waals surface area contributed by atoms with Gasteiger partial charge in [-0.1, -0.05) is 18.2 Å². The number of para-hydroxylation sites is 1. The highest BCUT2D eigenvalue weighted by Crippen LogP contribution is 2.25. The van der Waals surface area contributed by atoms with Gasteiger partial charge in [-0.05, 0) is 30.3 Å². The number of anilines is 2. The maximum atomic E-state index is 13.6. The maximum Gasteiger partial charge on any atom is 0.264 e. The van der Waals surface area contributed by atoms with Gasteiger partial charge in [-0.15, -0.1) is 0 Å². The molecular formula is C13H13FN2O2S. The number of hydrogen-bond acceptors (Lipinski definition) is 3. The smallest absolute Gasteiger partial charge is 0.264 e. The van der Waals surface area contributed by atoms with Crippen LogP contribution >= 0.6 is 0 Å². The molecule has 0 bridgehead atoms. The van der Waals surface area contributed by atoms with Crippen LogP contribution in [0.1, 0.15) is 0 Å². The lowest BCUT2D eigenvalue weighted by molar-refractivity contribution is 0.589. The first kappa shape index (κ1) is 13.4. The van der Waals surface area contributed by atoms with Crippen LogP contribution in [-0.4, -0.2) is 15.5 Å². The lowest BCUT2D eigenvalue weighted by atomic mass is 10.3. The summed E-state index contributed by atoms with van der Waals surface area (Å²) in [6.45, 7) is 0. The Bertz CT molecular complexity index is 701. The van der Waals surface area contributed by atoms with Crippen molar-refractivity contribution in [3.05, 3.63) is 54.3 Å². The minimum absolute atomic E-state index is 0.00933. The third-order valence-corrected chi connectivity index (χ3v) is 4.48. The quantitative estimate of drug-likeness (QED) is 0.877. The number of halogens is 1. The third kappa shape index (κ3) is 2.53. The van der Waals surface area contributed by atoms with E-state index in [1.165, 1.54) is 43.4 Å². The molecule has 0 saturated heterocycles. The lowest BCUT2D eigenvalue weighted by Gasteiger charge is -2.20. The van der Waals surface area contributed by atoms with Gasteiger partial charge in [0.1, 0.15) is 5.82 Å². The summed E-state index contributed by atoms with van der Waals surface area (Å²) in [5.74, 6) is -0.600. The lowest BCUT2D eigenvalue weighted by Crippen LogP contribution is -2.27. The van der Waals surface area contributed by atoms with E-state index in [1.807, 2.05) is 0 Å². The number of nitrogens with two attached hydrogens (primary N) is 1. The predicted octanol–water partition coefficient (Wildman–Crippen LogP) is 2.23. The van der Waals surface area contributed by atoms with E-state index in [0.717, 1.165) is 4.31 Å². The molecule has 0 radical (unpaired) electrons. The summed E-state index contributed by atoms with van der Waals surface area (Å²) in [4.78, 5) is 0.0262. The van der Waals surface area contributed by atoms with Gasteiger partial charge in [0.15, 0.2) is 0 Å². The topological polar surface area (TPSA) is 63.4 Å². The fourth-order valence-corrected chi connectivity index (χ4v) is 2.93. The summed E-state index contributed by atoms with van der Waals surface area (Å²) < 4.78 is 39.2. The maximum absolute atomic E-state index is 13.6. The van der Waals surface area contributed by atoms with Gasteiger partial charge in [-0.3, -0.25) is 4.31 Å². The van der Waals surface area contributed by atoms with Crippen molar-refractivity contribution in [1.29, 1.82) is 0 Å². The Morgan fingerprint density at radius 1 is 1.11 bits per heavy atom. The van der Waals surface area contributed by atoms with Crippen molar-refractivity contribution in [1.82, 2.24) is 0 Å². The van der Waals surface area contributed by atoms with Crippen molar-refractivity contribution >= 4 is 21.4 Å². The Kier molecular flexibility index (Phi) is 3.44. The van der Waals surface area contributed by atoms with Gasteiger partial charge in [0, 0.05) is 12.7 Å². The van der Waals surface area contributed by atoms with Crippen molar-refractivity contribution in [2.45, 2.75) is 4.90 Å². The van der Waals surface area contributed by atoms with Crippen molar-refractivity contribution in [3.63, 3.8) is 0 Å². The molecule has 0 atom stereocenters. The molecule has 2 aromatic carbocycles. The van der Waals surface area contributed by atoms with Crippen LogP contribution in [0, 0.1) is 5.82 Å². The van der Waals surface area contributed by atoms with E-state index in [2.05, 4.69) is 0 Å². The second kappa shape index (κ2) is 4.89. The fourth-order valence-electron chi connectivity index (χ4n) is 1.67. The van der Waals surface area contributed by atoms with Crippen molar-refractivity contribution < 1.29 is 12.8 Å². The van der Waals surface area contributed by atoms with Crippen LogP contribution in [0.3, 0.4) is 0 Å². The van der Waals surface area contributed by atoms with Gasteiger partial charge in [-0.25, -0.2) is 12.8 Å². The summed E-state index contributed by atoms with van der Waals surface area (Å²) >= 11 is 0. The van der Waals surface area contributed by atoms with Gasteiger partial charge in [0.05, 0.1) is 10.6 Å². The Balaban J connectivity index is 2.49. The van der Waals surface area contributed by atoms with Crippen LogP contribution in [0.5, 0.6) is 0 Å². The molecule has 4 nitrogen and oxygen atoms in total. The fraction of sp³-hybridized carbons (Fsp3) is 0.0769. The van der Waals surface area contributed by atoms with E-state index in [-0.39, 0.29) is 10.6 Å². The minimum atomic E-state index is -3.82. The van der Waals surface area contributed by atoms with E-state index in [0.29, 0.717) is 5.69 Å². The first-order valence-electron chi connectivity index (χ1n) is 5.52. The number of nitrogen functional groups attached to an aromatic ring is 1. The average molecular weight is 280 g/mol. The molecule has 6 heteroatoms. The molecule has 19 heavy (non-hydrogen) atoms. The molecule has 100 valence electrons. The first-order chi connectivity index (χ1) is 8.93. The SMILES string of the molecule is CN(c1ccccc1F)S(=O)(=O)c1cccc(N)c1. The molecule has 0 heterocycles. The second-order valence-electron chi connectivity index (χ2n) is 4.00. The Morgan fingerprint density at radius 3 is 2.42 bits per heavy atom. The Labute approximate surface area is 111 Å². The molecule has 2 N–H and O–H groups in total. The molecule has 2 rings (SSSR count). The zero-order valence-electron chi connectivity index (χ0n) is 10.2. The largest absolute Gasteiger partial charge is 0.399 e. The predicted molar refractivity (Wildman–Crippen MR) is 72.8 cm³/mol. The number of nitrogens with zero attached hydrogens (tertiary/aromatic N) is 1. The molecule has 0 aliphatic heterocycles. The van der Waals surface area contributed by atoms with Gasteiger partial charge >= 0.3 is 0 Å². The van der Waals surface area contributed by atoms with Crippen molar-refractivity contribution in [2.24, 2.45) is 0 Å². The van der Waals surface area contributed by atoms with Crippen LogP contribution < -0.4 is 10.0 Å². The standard InChI is InChI=1S/C13H13FN2O2S/c1-16(13-8-3-2-7-12(13)14)19(17,18)11-6-4-5-10(15)9-11/h2-9H,15H2,1H3. The van der Waals surface area contributed by atoms with E-state index in [9.17, 15) is 12.8 Å². The first-order valence-corrected chi connectivity index (χ1v) is 6.96. The van der Waals surface area contributed by atoms with E-state index >= 15 is 0 Å². The molecule has 0 unspecified atom stereocenters. The van der Waals surface area contributed by atoms with Crippen LogP contribution in [-0.2, 0) is 10.0 Å². The molecule has 0 aliphatic carbocycles. The van der Waals surface area contributed by atoms with Gasteiger partial charge < -0.3 is 5.73 Å². The minimum Gasteiger partial charge on any atom is -0.399 e. The molecule has 0 aromatic heterocycles. The molecule has 0 aliphatic rings. The summed E-state index contributed by atoms with van der Waals surface area (Å²) in [5.41, 5.74) is 5.89. The van der Waals surface area contributed by atoms with Gasteiger partial charge in [-0.2, -0.15) is 0 Å². The van der Waals surface area contributed by atoms with E-state index in [1.54, 1.807) is 12.1 Å². The van der Waals surface area contributed by atoms with Gasteiger partial charge in [0.25, 0.3) is 10.0 Å². The summed E-state index contributed by atoms with van der Waals surface area (Å²) in [5, 5.41) is 0. The zero-order chi connectivity index (χ0) is 14.0. The van der Waals surface area contributed by atoms with Gasteiger partial charge in [0.2, 0.25) is 0 Å². The van der Waals surface area contributed by atoms with Crippen LogP contribution in [0.4, 0.5) is 15.8 Å². The highest BCUT2D eigenvalue weighted by Gasteiger charge is 2.23. The van der Waals surface area contributed by atoms with Crippen molar-refractivity contribution in [3.8, 4) is 0 Å². The zero-order valence-corrected chi connectivity index (χ0v) is 11.1. The molecule has 0 saturated carbocycles. The van der Waals surface area contributed by atoms with Crippen LogP contribution in [0.2, 0.25) is 0 Å². The number of hydrogen-bond donors (Lipinski definition) is 1.